The van der Waals surface area contributed by atoms with Crippen molar-refractivity contribution in [2.24, 2.45) is 16.7 Å². The van der Waals surface area contributed by atoms with Crippen molar-refractivity contribution < 1.29 is 14.3 Å². The van der Waals surface area contributed by atoms with Crippen molar-refractivity contribution in [3.63, 3.8) is 0 Å². The molecule has 2 saturated heterocycles. The number of ether oxygens (including phenoxy) is 2. The predicted molar refractivity (Wildman–Crippen MR) is 112 cm³/mol. The molecule has 0 aromatic heterocycles. The van der Waals surface area contributed by atoms with E-state index < -0.39 is 0 Å². The zero-order chi connectivity index (χ0) is 20.2. The molecule has 29 heavy (non-hydrogen) atoms. The minimum absolute atomic E-state index is 0.203. The molecule has 2 bridgehead atoms. The Balaban J connectivity index is 1.17. The fourth-order valence-corrected chi connectivity index (χ4v) is 6.59. The van der Waals surface area contributed by atoms with Crippen LogP contribution in [-0.4, -0.2) is 48.2 Å². The Morgan fingerprint density at radius 2 is 1.86 bits per heavy atom. The standard InChI is InChI=1S/C24H34N2O3/c1-23(2)11-19-12-24(3,14-23)15-26(19)22(27)18-6-8-25(9-7-18)13-17-4-5-20-21(10-17)29-16-28-20/h4-5,10,18-19H,6-9,11-16H2,1-3H3. The average Bonchev–Trinajstić information content (AvgIpc) is 3.22. The first-order chi connectivity index (χ1) is 13.8. The summed E-state index contributed by atoms with van der Waals surface area (Å²) in [6, 6.07) is 6.67. The zero-order valence-electron chi connectivity index (χ0n) is 18.1. The second kappa shape index (κ2) is 6.90. The number of likely N-dealkylation sites (tertiary alicyclic amines) is 2. The summed E-state index contributed by atoms with van der Waals surface area (Å²) >= 11 is 0. The largest absolute Gasteiger partial charge is 0.454 e. The lowest BCUT2D eigenvalue weighted by molar-refractivity contribution is -0.138. The van der Waals surface area contributed by atoms with Crippen LogP contribution in [0.5, 0.6) is 11.5 Å². The molecule has 2 unspecified atom stereocenters. The van der Waals surface area contributed by atoms with Gasteiger partial charge in [0, 0.05) is 25.0 Å². The first-order valence-electron chi connectivity index (χ1n) is 11.2. The first-order valence-corrected chi connectivity index (χ1v) is 11.2. The Bertz CT molecular complexity index is 799. The van der Waals surface area contributed by atoms with Gasteiger partial charge in [-0.2, -0.15) is 0 Å². The van der Waals surface area contributed by atoms with Gasteiger partial charge in [0.2, 0.25) is 12.7 Å². The Labute approximate surface area is 174 Å². The summed E-state index contributed by atoms with van der Waals surface area (Å²) in [5, 5.41) is 0. The monoisotopic (exact) mass is 398 g/mol. The molecule has 0 N–H and O–H groups in total. The zero-order valence-corrected chi connectivity index (χ0v) is 18.1. The van der Waals surface area contributed by atoms with Gasteiger partial charge in [0.05, 0.1) is 0 Å². The van der Waals surface area contributed by atoms with Crippen molar-refractivity contribution in [3.05, 3.63) is 23.8 Å². The van der Waals surface area contributed by atoms with Gasteiger partial charge in [-0.15, -0.1) is 0 Å². The molecule has 5 rings (SSSR count). The summed E-state index contributed by atoms with van der Waals surface area (Å²) in [7, 11) is 0. The molecular weight excluding hydrogens is 364 g/mol. The van der Waals surface area contributed by atoms with E-state index in [9.17, 15) is 4.79 Å². The minimum Gasteiger partial charge on any atom is -0.454 e. The number of carbonyl (C=O) groups excluding carboxylic acids is 1. The summed E-state index contributed by atoms with van der Waals surface area (Å²) in [5.41, 5.74) is 1.94. The molecule has 0 spiro atoms. The Kier molecular flexibility index (Phi) is 4.57. The molecule has 3 aliphatic heterocycles. The van der Waals surface area contributed by atoms with Gasteiger partial charge in [-0.1, -0.05) is 26.8 Å². The first kappa shape index (κ1) is 19.2. The van der Waals surface area contributed by atoms with Gasteiger partial charge in [0.25, 0.3) is 0 Å². The van der Waals surface area contributed by atoms with Crippen molar-refractivity contribution in [1.82, 2.24) is 9.80 Å². The number of carbonyl (C=O) groups is 1. The average molecular weight is 399 g/mol. The Morgan fingerprint density at radius 1 is 1.10 bits per heavy atom. The van der Waals surface area contributed by atoms with Gasteiger partial charge in [0.15, 0.2) is 11.5 Å². The lowest BCUT2D eigenvalue weighted by atomic mass is 9.65. The summed E-state index contributed by atoms with van der Waals surface area (Å²) in [4.78, 5) is 18.1. The number of benzene rings is 1. The van der Waals surface area contributed by atoms with Gasteiger partial charge in [0.1, 0.15) is 0 Å². The molecular formula is C24H34N2O3. The maximum absolute atomic E-state index is 13.4. The van der Waals surface area contributed by atoms with E-state index in [4.69, 9.17) is 9.47 Å². The van der Waals surface area contributed by atoms with E-state index in [1.165, 1.54) is 18.4 Å². The predicted octanol–water partition coefficient (Wildman–Crippen LogP) is 4.05. The van der Waals surface area contributed by atoms with E-state index in [0.29, 0.717) is 29.6 Å². The molecule has 2 atom stereocenters. The van der Waals surface area contributed by atoms with Gasteiger partial charge in [-0.25, -0.2) is 0 Å². The lowest BCUT2D eigenvalue weighted by Crippen LogP contribution is -2.44. The third-order valence-corrected chi connectivity index (χ3v) is 7.48. The third-order valence-electron chi connectivity index (χ3n) is 7.48. The third kappa shape index (κ3) is 3.74. The molecule has 3 fully saturated rings. The van der Waals surface area contributed by atoms with Gasteiger partial charge in [-0.3, -0.25) is 9.69 Å². The van der Waals surface area contributed by atoms with Crippen molar-refractivity contribution >= 4 is 5.91 Å². The van der Waals surface area contributed by atoms with E-state index >= 15 is 0 Å². The minimum atomic E-state index is 0.203. The molecule has 1 amide bonds. The number of hydrogen-bond acceptors (Lipinski definition) is 4. The van der Waals surface area contributed by atoms with E-state index in [2.05, 4.69) is 42.7 Å². The van der Waals surface area contributed by atoms with Crippen LogP contribution in [0.1, 0.15) is 58.4 Å². The van der Waals surface area contributed by atoms with E-state index in [0.717, 1.165) is 56.9 Å². The number of nitrogens with zero attached hydrogens (tertiary/aromatic N) is 2. The maximum Gasteiger partial charge on any atom is 0.231 e. The maximum atomic E-state index is 13.4. The van der Waals surface area contributed by atoms with Crippen LogP contribution >= 0.6 is 0 Å². The van der Waals surface area contributed by atoms with Gasteiger partial charge in [-0.05, 0) is 73.7 Å². The van der Waals surface area contributed by atoms with Crippen molar-refractivity contribution in [1.29, 1.82) is 0 Å². The van der Waals surface area contributed by atoms with Crippen LogP contribution in [0.2, 0.25) is 0 Å². The van der Waals surface area contributed by atoms with Gasteiger partial charge < -0.3 is 14.4 Å². The summed E-state index contributed by atoms with van der Waals surface area (Å²) < 4.78 is 10.9. The molecule has 1 saturated carbocycles. The fraction of sp³-hybridized carbons (Fsp3) is 0.708. The van der Waals surface area contributed by atoms with Crippen molar-refractivity contribution in [3.8, 4) is 11.5 Å². The van der Waals surface area contributed by atoms with Crippen LogP contribution in [-0.2, 0) is 11.3 Å². The Morgan fingerprint density at radius 3 is 2.66 bits per heavy atom. The summed E-state index contributed by atoms with van der Waals surface area (Å²) in [5.74, 6) is 2.32. The fourth-order valence-electron chi connectivity index (χ4n) is 6.59. The number of rotatable bonds is 3. The summed E-state index contributed by atoms with van der Waals surface area (Å²) in [6.45, 7) is 11.3. The second-order valence-electron chi connectivity index (χ2n) is 10.9. The lowest BCUT2D eigenvalue weighted by Gasteiger charge is -2.40. The highest BCUT2D eigenvalue weighted by atomic mass is 16.7. The van der Waals surface area contributed by atoms with E-state index in [1.54, 1.807) is 0 Å². The highest BCUT2D eigenvalue weighted by molar-refractivity contribution is 5.79. The Hall–Kier alpha value is -1.75. The SMILES string of the molecule is CC1(C)CC2CC(C)(CN2C(=O)C2CCN(Cc3ccc4c(c3)OCO4)CC2)C1. The van der Waals surface area contributed by atoms with Crippen molar-refractivity contribution in [2.75, 3.05) is 26.4 Å². The van der Waals surface area contributed by atoms with Gasteiger partial charge >= 0.3 is 0 Å². The number of hydrogen-bond donors (Lipinski definition) is 0. The van der Waals surface area contributed by atoms with E-state index in [-0.39, 0.29) is 5.92 Å². The normalized spacial score (nSPS) is 31.3. The molecule has 0 radical (unpaired) electrons. The molecule has 3 heterocycles. The van der Waals surface area contributed by atoms with Crippen molar-refractivity contribution in [2.45, 2.75) is 65.5 Å². The molecule has 5 nitrogen and oxygen atoms in total. The molecule has 158 valence electrons. The van der Waals surface area contributed by atoms with Crippen LogP contribution in [0.15, 0.2) is 18.2 Å². The molecule has 1 aliphatic carbocycles. The number of fused-ring (bicyclic) bond motifs is 3. The molecule has 5 heteroatoms. The second-order valence-corrected chi connectivity index (χ2v) is 10.9. The number of piperidine rings is 1. The van der Waals surface area contributed by atoms with Crippen LogP contribution < -0.4 is 9.47 Å². The molecule has 1 aromatic rings. The smallest absolute Gasteiger partial charge is 0.231 e. The van der Waals surface area contributed by atoms with Crippen LogP contribution in [0.3, 0.4) is 0 Å². The molecule has 1 aromatic carbocycles. The van der Waals surface area contributed by atoms with Crippen LogP contribution in [0.25, 0.3) is 0 Å². The van der Waals surface area contributed by atoms with E-state index in [1.807, 2.05) is 6.07 Å². The molecule has 4 aliphatic rings. The van der Waals surface area contributed by atoms with Crippen LogP contribution in [0.4, 0.5) is 0 Å². The highest BCUT2D eigenvalue weighted by Gasteiger charge is 2.51. The summed E-state index contributed by atoms with van der Waals surface area (Å²) in [6.07, 6.45) is 5.57. The topological polar surface area (TPSA) is 42.0 Å². The number of amides is 1. The van der Waals surface area contributed by atoms with Crippen LogP contribution in [0, 0.1) is 16.7 Å². The highest BCUT2D eigenvalue weighted by Crippen LogP contribution is 2.52. The quantitative estimate of drug-likeness (QED) is 0.770.